The maximum Gasteiger partial charge on any atom is 0.250 e. The highest BCUT2D eigenvalue weighted by molar-refractivity contribution is 6.66. The van der Waals surface area contributed by atoms with Crippen molar-refractivity contribution in [2.45, 2.75) is 3.79 Å². The van der Waals surface area contributed by atoms with Crippen molar-refractivity contribution in [3.63, 3.8) is 0 Å². The molecular formula is C17H18Cl4N4. The Labute approximate surface area is 167 Å². The molecule has 8 heteroatoms. The van der Waals surface area contributed by atoms with Crippen LogP contribution in [-0.4, -0.2) is 41.0 Å². The zero-order chi connectivity index (χ0) is 18.4. The van der Waals surface area contributed by atoms with E-state index < -0.39 is 3.79 Å². The molecule has 0 amide bonds. The van der Waals surface area contributed by atoms with Gasteiger partial charge in [0.05, 0.1) is 5.52 Å². The highest BCUT2D eigenvalue weighted by Crippen LogP contribution is 2.37. The summed E-state index contributed by atoms with van der Waals surface area (Å²) in [5.41, 5.74) is 0.650. The van der Waals surface area contributed by atoms with Crippen molar-refractivity contribution < 1.29 is 0 Å². The molecule has 0 aliphatic heterocycles. The molecule has 0 radical (unpaired) electrons. The molecule has 4 nitrogen and oxygen atoms in total. The van der Waals surface area contributed by atoms with Gasteiger partial charge in [0.15, 0.2) is 5.82 Å². The number of anilines is 1. The SMILES string of the molecule is C=CCN(CC=C)CCNc1nc(C(Cl)(Cl)Cl)nc2ccc(Cl)cc12. The Hall–Kier alpha value is -1.04. The number of rotatable bonds is 8. The van der Waals surface area contributed by atoms with Crippen molar-refractivity contribution >= 4 is 63.1 Å². The van der Waals surface area contributed by atoms with Crippen LogP contribution in [-0.2, 0) is 3.79 Å². The Kier molecular flexibility index (Phi) is 7.35. The smallest absolute Gasteiger partial charge is 0.250 e. The first-order chi connectivity index (χ1) is 11.8. The van der Waals surface area contributed by atoms with Crippen molar-refractivity contribution in [2.75, 3.05) is 31.5 Å². The predicted molar refractivity (Wildman–Crippen MR) is 109 cm³/mol. The molecule has 0 atom stereocenters. The first kappa shape index (κ1) is 20.3. The summed E-state index contributed by atoms with van der Waals surface area (Å²) in [6, 6.07) is 5.29. The number of hydrogen-bond acceptors (Lipinski definition) is 4. The molecule has 0 saturated heterocycles. The lowest BCUT2D eigenvalue weighted by molar-refractivity contribution is 0.349. The van der Waals surface area contributed by atoms with Gasteiger partial charge in [0.2, 0.25) is 3.79 Å². The average molecular weight is 420 g/mol. The first-order valence-corrected chi connectivity index (χ1v) is 9.09. The van der Waals surface area contributed by atoms with Gasteiger partial charge >= 0.3 is 0 Å². The van der Waals surface area contributed by atoms with E-state index in [9.17, 15) is 0 Å². The minimum Gasteiger partial charge on any atom is -0.368 e. The van der Waals surface area contributed by atoms with Crippen molar-refractivity contribution in [1.29, 1.82) is 0 Å². The van der Waals surface area contributed by atoms with E-state index in [1.54, 1.807) is 18.2 Å². The Bertz CT molecular complexity index is 748. The molecule has 0 fully saturated rings. The van der Waals surface area contributed by atoms with Crippen LogP contribution in [0.2, 0.25) is 5.02 Å². The Morgan fingerprint density at radius 3 is 2.40 bits per heavy atom. The van der Waals surface area contributed by atoms with Gasteiger partial charge in [-0.05, 0) is 18.2 Å². The fraction of sp³-hybridized carbons (Fsp3) is 0.294. The summed E-state index contributed by atoms with van der Waals surface area (Å²) >= 11 is 23.9. The minimum atomic E-state index is -1.71. The minimum absolute atomic E-state index is 0.115. The normalized spacial score (nSPS) is 11.7. The number of alkyl halides is 3. The predicted octanol–water partition coefficient (Wildman–Crippen LogP) is 5.20. The third-order valence-corrected chi connectivity index (χ3v) is 4.15. The van der Waals surface area contributed by atoms with E-state index in [4.69, 9.17) is 46.4 Å². The van der Waals surface area contributed by atoms with Crippen molar-refractivity contribution in [3.05, 3.63) is 54.4 Å². The van der Waals surface area contributed by atoms with Gasteiger partial charge < -0.3 is 5.32 Å². The highest BCUT2D eigenvalue weighted by Gasteiger charge is 2.28. The summed E-state index contributed by atoms with van der Waals surface area (Å²) in [6.45, 7) is 10.5. The second-order valence-corrected chi connectivity index (χ2v) is 8.04. The van der Waals surface area contributed by atoms with E-state index in [1.165, 1.54) is 0 Å². The first-order valence-electron chi connectivity index (χ1n) is 7.57. The van der Waals surface area contributed by atoms with Gasteiger partial charge in [-0.1, -0.05) is 58.6 Å². The Morgan fingerprint density at radius 1 is 1.12 bits per heavy atom. The zero-order valence-corrected chi connectivity index (χ0v) is 16.5. The van der Waals surface area contributed by atoms with E-state index in [2.05, 4.69) is 33.3 Å². The van der Waals surface area contributed by atoms with Crippen LogP contribution in [0.25, 0.3) is 10.9 Å². The van der Waals surface area contributed by atoms with Gasteiger partial charge in [-0.2, -0.15) is 0 Å². The number of fused-ring (bicyclic) bond motifs is 1. The number of halogens is 4. The molecule has 2 rings (SSSR count). The van der Waals surface area contributed by atoms with E-state index >= 15 is 0 Å². The lowest BCUT2D eigenvalue weighted by Crippen LogP contribution is -2.29. The molecule has 134 valence electrons. The lowest BCUT2D eigenvalue weighted by Gasteiger charge is -2.20. The van der Waals surface area contributed by atoms with Gasteiger partial charge in [0.1, 0.15) is 5.82 Å². The molecule has 2 aromatic rings. The maximum absolute atomic E-state index is 6.10. The zero-order valence-electron chi connectivity index (χ0n) is 13.5. The summed E-state index contributed by atoms with van der Waals surface area (Å²) in [5, 5.41) is 4.63. The molecule has 0 aliphatic carbocycles. The van der Waals surface area contributed by atoms with E-state index in [1.807, 2.05) is 12.2 Å². The summed E-state index contributed by atoms with van der Waals surface area (Å²) in [7, 11) is 0. The fourth-order valence-electron chi connectivity index (χ4n) is 2.32. The largest absolute Gasteiger partial charge is 0.368 e. The van der Waals surface area contributed by atoms with E-state index in [0.29, 0.717) is 22.9 Å². The molecule has 0 aliphatic rings. The molecule has 1 aromatic heterocycles. The van der Waals surface area contributed by atoms with E-state index in [-0.39, 0.29) is 5.82 Å². The van der Waals surface area contributed by atoms with Gasteiger partial charge in [0, 0.05) is 36.6 Å². The molecule has 0 unspecified atom stereocenters. The highest BCUT2D eigenvalue weighted by atomic mass is 35.6. The number of aromatic nitrogens is 2. The number of benzene rings is 1. The quantitative estimate of drug-likeness (QED) is 0.471. The number of nitrogens with zero attached hydrogens (tertiary/aromatic N) is 3. The topological polar surface area (TPSA) is 41.0 Å². The summed E-state index contributed by atoms with van der Waals surface area (Å²) in [5.74, 6) is 0.690. The second-order valence-electron chi connectivity index (χ2n) is 5.32. The Balaban J connectivity index is 2.27. The molecule has 25 heavy (non-hydrogen) atoms. The van der Waals surface area contributed by atoms with Crippen LogP contribution in [0.3, 0.4) is 0 Å². The van der Waals surface area contributed by atoms with Gasteiger partial charge in [-0.25, -0.2) is 9.97 Å². The molecule has 0 spiro atoms. The lowest BCUT2D eigenvalue weighted by atomic mass is 10.2. The van der Waals surface area contributed by atoms with Gasteiger partial charge in [-0.3, -0.25) is 4.90 Å². The third kappa shape index (κ3) is 5.73. The van der Waals surface area contributed by atoms with Gasteiger partial charge in [0.25, 0.3) is 0 Å². The van der Waals surface area contributed by atoms with Crippen LogP contribution in [0.5, 0.6) is 0 Å². The molecule has 0 bridgehead atoms. The maximum atomic E-state index is 6.10. The van der Waals surface area contributed by atoms with Crippen molar-refractivity contribution in [1.82, 2.24) is 14.9 Å². The third-order valence-electron chi connectivity index (χ3n) is 3.41. The van der Waals surface area contributed by atoms with Crippen LogP contribution < -0.4 is 5.32 Å². The van der Waals surface area contributed by atoms with Crippen LogP contribution in [0.4, 0.5) is 5.82 Å². The standard InChI is InChI=1S/C17H18Cl4N4/c1-3-8-25(9-4-2)10-7-22-15-13-11-12(18)5-6-14(13)23-16(24-15)17(19,20)21/h3-6,11H,1-2,7-10H2,(H,22,23,24). The van der Waals surface area contributed by atoms with E-state index in [0.717, 1.165) is 25.0 Å². The van der Waals surface area contributed by atoms with Crippen LogP contribution in [0.1, 0.15) is 5.82 Å². The van der Waals surface area contributed by atoms with Crippen LogP contribution in [0.15, 0.2) is 43.5 Å². The fourth-order valence-corrected chi connectivity index (χ4v) is 2.74. The second kappa shape index (κ2) is 9.06. The molecule has 1 heterocycles. The molecule has 1 N–H and O–H groups in total. The van der Waals surface area contributed by atoms with Gasteiger partial charge in [-0.15, -0.1) is 13.2 Å². The molecule has 0 saturated carbocycles. The number of nitrogens with one attached hydrogen (secondary N) is 1. The summed E-state index contributed by atoms with van der Waals surface area (Å²) in [6.07, 6.45) is 3.70. The average Bonchev–Trinajstić information content (AvgIpc) is 2.54. The van der Waals surface area contributed by atoms with Crippen LogP contribution in [0, 0.1) is 0 Å². The van der Waals surface area contributed by atoms with Crippen molar-refractivity contribution in [2.24, 2.45) is 0 Å². The summed E-state index contributed by atoms with van der Waals surface area (Å²) < 4.78 is -1.71. The monoisotopic (exact) mass is 418 g/mol. The summed E-state index contributed by atoms with van der Waals surface area (Å²) in [4.78, 5) is 10.9. The molecular weight excluding hydrogens is 402 g/mol. The number of hydrogen-bond donors (Lipinski definition) is 1. The van der Waals surface area contributed by atoms with Crippen LogP contribution >= 0.6 is 46.4 Å². The Morgan fingerprint density at radius 2 is 1.80 bits per heavy atom. The molecule has 1 aromatic carbocycles. The van der Waals surface area contributed by atoms with Crippen molar-refractivity contribution in [3.8, 4) is 0 Å².